The van der Waals surface area contributed by atoms with Gasteiger partial charge in [-0.15, -0.1) is 6.42 Å². The van der Waals surface area contributed by atoms with Crippen LogP contribution in [0.2, 0.25) is 0 Å². The number of nitrogens with zero attached hydrogens (tertiary/aromatic N) is 5. The van der Waals surface area contributed by atoms with Gasteiger partial charge < -0.3 is 9.80 Å². The zero-order valence-electron chi connectivity index (χ0n) is 13.2. The molecule has 0 aromatic carbocycles. The van der Waals surface area contributed by atoms with Crippen molar-refractivity contribution in [3.63, 3.8) is 0 Å². The summed E-state index contributed by atoms with van der Waals surface area (Å²) in [7, 11) is 1.68. The van der Waals surface area contributed by atoms with Gasteiger partial charge in [0.05, 0.1) is 24.6 Å². The Hall–Kier alpha value is -2.29. The first-order chi connectivity index (χ1) is 10.1. The lowest BCUT2D eigenvalue weighted by Gasteiger charge is -2.26. The summed E-state index contributed by atoms with van der Waals surface area (Å²) in [5.41, 5.74) is 0.669. The van der Waals surface area contributed by atoms with Crippen LogP contribution in [0.1, 0.15) is 20.8 Å². The molecule has 6 nitrogen and oxygen atoms in total. The third-order valence-corrected chi connectivity index (χ3v) is 3.18. The lowest BCUT2D eigenvalue weighted by atomic mass is 10.4. The third kappa shape index (κ3) is 4.09. The lowest BCUT2D eigenvalue weighted by molar-refractivity contribution is 0.220. The molecule has 0 aliphatic heterocycles. The summed E-state index contributed by atoms with van der Waals surface area (Å²) in [4.78, 5) is 26.1. The van der Waals surface area contributed by atoms with Gasteiger partial charge in [0, 0.05) is 26.7 Å². The summed E-state index contributed by atoms with van der Waals surface area (Å²) in [5.74, 6) is 3.13. The highest BCUT2D eigenvalue weighted by atomic mass is 16.2. The van der Waals surface area contributed by atoms with Gasteiger partial charge in [0.2, 0.25) is 5.95 Å². The third-order valence-electron chi connectivity index (χ3n) is 3.18. The van der Waals surface area contributed by atoms with Gasteiger partial charge in [-0.3, -0.25) is 4.90 Å². The molecule has 1 rings (SSSR count). The largest absolute Gasteiger partial charge is 0.341 e. The van der Waals surface area contributed by atoms with Gasteiger partial charge in [-0.2, -0.15) is 0 Å². The fourth-order valence-electron chi connectivity index (χ4n) is 1.96. The van der Waals surface area contributed by atoms with Crippen molar-refractivity contribution >= 4 is 17.7 Å². The first-order valence-electron chi connectivity index (χ1n) is 7.12. The van der Waals surface area contributed by atoms with Gasteiger partial charge in [0.1, 0.15) is 0 Å². The second-order valence-corrected chi connectivity index (χ2v) is 4.50. The number of carbonyl (C=O) groups excluding carboxylic acids is 1. The van der Waals surface area contributed by atoms with Crippen molar-refractivity contribution in [2.75, 3.05) is 43.0 Å². The van der Waals surface area contributed by atoms with E-state index in [-0.39, 0.29) is 12.6 Å². The second-order valence-electron chi connectivity index (χ2n) is 4.50. The van der Waals surface area contributed by atoms with Crippen LogP contribution in [0.5, 0.6) is 0 Å². The highest BCUT2D eigenvalue weighted by Crippen LogP contribution is 2.15. The summed E-state index contributed by atoms with van der Waals surface area (Å²) < 4.78 is 0. The Morgan fingerprint density at radius 1 is 1.19 bits per heavy atom. The molecule has 0 unspecified atom stereocenters. The predicted molar refractivity (Wildman–Crippen MR) is 85.5 cm³/mol. The number of rotatable bonds is 6. The molecule has 114 valence electrons. The van der Waals surface area contributed by atoms with Crippen molar-refractivity contribution in [1.82, 2.24) is 14.9 Å². The standard InChI is InChI=1S/C15H23N5O/c1-6-10-18(5)15(21)20(9-4)13-11-16-14(17-12-13)19(7-2)8-3/h1,11-12H,7-10H2,2-5H3. The van der Waals surface area contributed by atoms with Crippen molar-refractivity contribution in [3.8, 4) is 12.3 Å². The maximum atomic E-state index is 12.3. The molecule has 0 saturated carbocycles. The molecule has 2 amide bonds. The van der Waals surface area contributed by atoms with E-state index >= 15 is 0 Å². The van der Waals surface area contributed by atoms with Crippen molar-refractivity contribution in [2.24, 2.45) is 0 Å². The Labute approximate surface area is 126 Å². The molecule has 0 saturated heterocycles. The lowest BCUT2D eigenvalue weighted by Crippen LogP contribution is -2.41. The minimum atomic E-state index is -0.158. The van der Waals surface area contributed by atoms with Gasteiger partial charge in [0.15, 0.2) is 0 Å². The van der Waals surface area contributed by atoms with Gasteiger partial charge in [-0.25, -0.2) is 14.8 Å². The highest BCUT2D eigenvalue weighted by molar-refractivity contribution is 5.91. The number of aromatic nitrogens is 2. The van der Waals surface area contributed by atoms with Crippen LogP contribution in [0.3, 0.4) is 0 Å². The Kier molecular flexibility index (Phi) is 6.47. The molecule has 0 bridgehead atoms. The quantitative estimate of drug-likeness (QED) is 0.750. The van der Waals surface area contributed by atoms with Crippen LogP contribution in [0.4, 0.5) is 16.4 Å². The Morgan fingerprint density at radius 3 is 2.19 bits per heavy atom. The molecule has 0 radical (unpaired) electrons. The Bertz CT molecular complexity index is 490. The highest BCUT2D eigenvalue weighted by Gasteiger charge is 2.18. The van der Waals surface area contributed by atoms with Crippen molar-refractivity contribution in [3.05, 3.63) is 12.4 Å². The van der Waals surface area contributed by atoms with Gasteiger partial charge in [0.25, 0.3) is 0 Å². The molecule has 0 N–H and O–H groups in total. The average molecular weight is 289 g/mol. The fourth-order valence-corrected chi connectivity index (χ4v) is 1.96. The maximum absolute atomic E-state index is 12.3. The van der Waals surface area contributed by atoms with Gasteiger partial charge in [-0.05, 0) is 20.8 Å². The summed E-state index contributed by atoms with van der Waals surface area (Å²) >= 11 is 0. The normalized spacial score (nSPS) is 9.86. The van der Waals surface area contributed by atoms with Crippen LogP contribution in [0.15, 0.2) is 12.4 Å². The van der Waals surface area contributed by atoms with Crippen molar-refractivity contribution in [2.45, 2.75) is 20.8 Å². The van der Waals surface area contributed by atoms with E-state index in [0.717, 1.165) is 13.1 Å². The van der Waals surface area contributed by atoms with Crippen LogP contribution in [0, 0.1) is 12.3 Å². The van der Waals surface area contributed by atoms with Crippen LogP contribution >= 0.6 is 0 Å². The minimum Gasteiger partial charge on any atom is -0.341 e. The molecular formula is C15H23N5O. The topological polar surface area (TPSA) is 52.6 Å². The average Bonchev–Trinajstić information content (AvgIpc) is 2.50. The minimum absolute atomic E-state index is 0.158. The number of carbonyl (C=O) groups is 1. The first kappa shape index (κ1) is 16.8. The monoisotopic (exact) mass is 289 g/mol. The Balaban J connectivity index is 2.92. The fraction of sp³-hybridized carbons (Fsp3) is 0.533. The van der Waals surface area contributed by atoms with Gasteiger partial charge in [-0.1, -0.05) is 5.92 Å². The molecule has 1 aromatic heterocycles. The van der Waals surface area contributed by atoms with Crippen molar-refractivity contribution < 1.29 is 4.79 Å². The van der Waals surface area contributed by atoms with Gasteiger partial charge >= 0.3 is 6.03 Å². The van der Waals surface area contributed by atoms with E-state index in [0.29, 0.717) is 18.2 Å². The number of hydrogen-bond acceptors (Lipinski definition) is 4. The van der Waals surface area contributed by atoms with Crippen molar-refractivity contribution in [1.29, 1.82) is 0 Å². The van der Waals surface area contributed by atoms with E-state index in [1.165, 1.54) is 4.90 Å². The molecule has 21 heavy (non-hydrogen) atoms. The van der Waals surface area contributed by atoms with Crippen LogP contribution < -0.4 is 9.80 Å². The van der Waals surface area contributed by atoms with E-state index < -0.39 is 0 Å². The summed E-state index contributed by atoms with van der Waals surface area (Å²) in [6.07, 6.45) is 8.58. The molecule has 0 spiro atoms. The van der Waals surface area contributed by atoms with E-state index in [4.69, 9.17) is 6.42 Å². The van der Waals surface area contributed by atoms with E-state index in [1.807, 2.05) is 11.8 Å². The number of hydrogen-bond donors (Lipinski definition) is 0. The molecule has 0 fully saturated rings. The summed E-state index contributed by atoms with van der Waals surface area (Å²) in [5, 5.41) is 0. The second kappa shape index (κ2) is 8.10. The zero-order chi connectivity index (χ0) is 15.8. The zero-order valence-corrected chi connectivity index (χ0v) is 13.2. The molecule has 1 heterocycles. The van der Waals surface area contributed by atoms with E-state index in [9.17, 15) is 4.79 Å². The van der Waals surface area contributed by atoms with E-state index in [2.05, 4.69) is 29.7 Å². The van der Waals surface area contributed by atoms with E-state index in [1.54, 1.807) is 24.3 Å². The smallest absolute Gasteiger partial charge is 0.325 e. The Morgan fingerprint density at radius 2 is 1.76 bits per heavy atom. The number of terminal acetylenes is 1. The summed E-state index contributed by atoms with van der Waals surface area (Å²) in [6.45, 7) is 8.50. The molecule has 1 aromatic rings. The molecule has 0 aliphatic carbocycles. The van der Waals surface area contributed by atoms with Crippen LogP contribution in [-0.4, -0.2) is 54.1 Å². The molecule has 0 atom stereocenters. The predicted octanol–water partition coefficient (Wildman–Crippen LogP) is 1.83. The number of anilines is 2. The molecular weight excluding hydrogens is 266 g/mol. The maximum Gasteiger partial charge on any atom is 0.325 e. The molecule has 0 aliphatic rings. The molecule has 6 heteroatoms. The summed E-state index contributed by atoms with van der Waals surface area (Å²) in [6, 6.07) is -0.158. The van der Waals surface area contributed by atoms with Crippen LogP contribution in [-0.2, 0) is 0 Å². The first-order valence-corrected chi connectivity index (χ1v) is 7.12. The number of amides is 2. The van der Waals surface area contributed by atoms with Crippen LogP contribution in [0.25, 0.3) is 0 Å². The number of urea groups is 1. The SMILES string of the molecule is C#CCN(C)C(=O)N(CC)c1cnc(N(CC)CC)nc1.